The number of hydrazine groups is 2. The number of halogens is 1. The van der Waals surface area contributed by atoms with Gasteiger partial charge in [0.05, 0.1) is 24.0 Å². The Labute approximate surface area is 217 Å². The van der Waals surface area contributed by atoms with E-state index in [1.165, 1.54) is 5.01 Å². The number of imide groups is 1. The number of nitrogens with one attached hydrogen (secondary N) is 1. The summed E-state index contributed by atoms with van der Waals surface area (Å²) in [5.41, 5.74) is 5.47. The van der Waals surface area contributed by atoms with Gasteiger partial charge >= 0.3 is 0 Å². The lowest BCUT2D eigenvalue weighted by Crippen LogP contribution is -2.50. The van der Waals surface area contributed by atoms with E-state index in [-0.39, 0.29) is 18.5 Å². The predicted molar refractivity (Wildman–Crippen MR) is 136 cm³/mol. The number of amides is 3. The van der Waals surface area contributed by atoms with E-state index < -0.39 is 23.9 Å². The van der Waals surface area contributed by atoms with Crippen LogP contribution < -0.4 is 15.4 Å². The van der Waals surface area contributed by atoms with E-state index >= 15 is 0 Å². The van der Waals surface area contributed by atoms with Crippen molar-refractivity contribution in [1.29, 1.82) is 0 Å². The van der Waals surface area contributed by atoms with Crippen molar-refractivity contribution in [3.8, 4) is 0 Å². The predicted octanol–water partition coefficient (Wildman–Crippen LogP) is 3.14. The molecule has 6 rings (SSSR count). The fourth-order valence-electron chi connectivity index (χ4n) is 4.84. The number of carbonyl (C=O) groups excluding carboxylic acids is 3. The Bertz CT molecular complexity index is 1370. The third-order valence-corrected chi connectivity index (χ3v) is 6.91. The van der Waals surface area contributed by atoms with Crippen molar-refractivity contribution in [2.75, 3.05) is 23.0 Å². The van der Waals surface area contributed by atoms with E-state index in [2.05, 4.69) is 15.9 Å². The molecule has 0 bridgehead atoms. The molecule has 0 saturated carbocycles. The number of hydrogen-bond acceptors (Lipinski definition) is 8. The van der Waals surface area contributed by atoms with Gasteiger partial charge in [-0.1, -0.05) is 65.4 Å². The maximum Gasteiger partial charge on any atom is 0.263 e. The fourth-order valence-corrected chi connectivity index (χ4v) is 4.96. The second-order valence-electron chi connectivity index (χ2n) is 8.92. The van der Waals surface area contributed by atoms with E-state index in [0.717, 1.165) is 16.2 Å². The molecule has 3 amide bonds. The van der Waals surface area contributed by atoms with Crippen molar-refractivity contribution in [3.05, 3.63) is 95.5 Å². The highest BCUT2D eigenvalue weighted by Crippen LogP contribution is 2.33. The maximum absolute atomic E-state index is 13.6. The minimum atomic E-state index is -0.992. The van der Waals surface area contributed by atoms with Crippen LogP contribution in [-0.2, 0) is 14.4 Å². The van der Waals surface area contributed by atoms with Crippen molar-refractivity contribution in [3.63, 3.8) is 0 Å². The summed E-state index contributed by atoms with van der Waals surface area (Å²) in [6.07, 6.45) is 0. The van der Waals surface area contributed by atoms with Crippen LogP contribution in [0.15, 0.2) is 95.3 Å². The molecule has 11 heteroatoms. The Balaban J connectivity index is 1.23. The number of carbonyl (C=O) groups is 3. The zero-order valence-electron chi connectivity index (χ0n) is 19.5. The van der Waals surface area contributed by atoms with Crippen LogP contribution in [0.1, 0.15) is 11.6 Å². The van der Waals surface area contributed by atoms with E-state index in [9.17, 15) is 14.4 Å². The number of nitrogens with zero attached hydrogens (tertiary/aromatic N) is 6. The molecule has 0 radical (unpaired) electrons. The van der Waals surface area contributed by atoms with Gasteiger partial charge in [0.25, 0.3) is 17.7 Å². The average Bonchev–Trinajstić information content (AvgIpc) is 3.61. The highest BCUT2D eigenvalue weighted by molar-refractivity contribution is 6.31. The fraction of sp³-hybridized carbons (Fsp3) is 0.192. The first-order valence-corrected chi connectivity index (χ1v) is 12.2. The number of fused-ring (bicyclic) bond motifs is 1. The van der Waals surface area contributed by atoms with Crippen molar-refractivity contribution < 1.29 is 14.4 Å². The molecule has 3 atom stereocenters. The first kappa shape index (κ1) is 23.1. The molecule has 3 aliphatic rings. The van der Waals surface area contributed by atoms with Gasteiger partial charge in [-0.05, 0) is 42.0 Å². The molecular weight excluding hydrogens is 494 g/mol. The monoisotopic (exact) mass is 515 g/mol. The molecule has 0 unspecified atom stereocenters. The van der Waals surface area contributed by atoms with Crippen LogP contribution in [0.4, 0.5) is 11.4 Å². The van der Waals surface area contributed by atoms with Crippen LogP contribution in [0.5, 0.6) is 0 Å². The molecule has 0 aromatic heterocycles. The minimum Gasteiger partial charge on any atom is -0.288 e. The Kier molecular flexibility index (Phi) is 5.82. The lowest BCUT2D eigenvalue weighted by molar-refractivity contribution is -0.137. The van der Waals surface area contributed by atoms with Crippen molar-refractivity contribution in [1.82, 2.24) is 15.6 Å². The van der Waals surface area contributed by atoms with Gasteiger partial charge in [-0.3, -0.25) is 24.4 Å². The smallest absolute Gasteiger partial charge is 0.263 e. The molecule has 37 heavy (non-hydrogen) atoms. The van der Waals surface area contributed by atoms with Gasteiger partial charge in [0.1, 0.15) is 6.54 Å². The summed E-state index contributed by atoms with van der Waals surface area (Å²) in [6.45, 7) is 0.298. The molecule has 0 spiro atoms. The molecule has 186 valence electrons. The normalized spacial score (nSPS) is 22.8. The Morgan fingerprint density at radius 3 is 2.27 bits per heavy atom. The van der Waals surface area contributed by atoms with Crippen LogP contribution in [0.2, 0.25) is 5.02 Å². The summed E-state index contributed by atoms with van der Waals surface area (Å²) in [6, 6.07) is 23.6. The Morgan fingerprint density at radius 1 is 0.892 bits per heavy atom. The minimum absolute atomic E-state index is 0.225. The number of rotatable bonds is 5. The maximum atomic E-state index is 13.6. The van der Waals surface area contributed by atoms with Crippen LogP contribution >= 0.6 is 11.6 Å². The standard InChI is InChI=1S/C26H22ClN7O3/c27-18-11-13-20(14-12-18)33-25(36)23-24(26(33)37)32(29-28-23)16-22(35)34-21(17-7-3-1-4-8-17)15-31(30-34)19-9-5-2-6-10-19/h1-14,21,23-24,30H,15-16H2/t21-,23+,24-/m0/s1. The first-order chi connectivity index (χ1) is 18.0. The largest absolute Gasteiger partial charge is 0.288 e. The Hall–Kier alpha value is -4.28. The lowest BCUT2D eigenvalue weighted by Gasteiger charge is -2.27. The van der Waals surface area contributed by atoms with Crippen LogP contribution in [0.3, 0.4) is 0 Å². The molecule has 3 heterocycles. The quantitative estimate of drug-likeness (QED) is 0.524. The van der Waals surface area contributed by atoms with Crippen LogP contribution in [0, 0.1) is 0 Å². The van der Waals surface area contributed by atoms with Gasteiger partial charge in [-0.25, -0.2) is 9.91 Å². The van der Waals surface area contributed by atoms with Gasteiger partial charge in [0.15, 0.2) is 12.1 Å². The summed E-state index contributed by atoms with van der Waals surface area (Å²) in [4.78, 5) is 40.9. The first-order valence-electron chi connectivity index (χ1n) is 11.8. The third-order valence-electron chi connectivity index (χ3n) is 6.66. The van der Waals surface area contributed by atoms with Gasteiger partial charge in [-0.2, -0.15) is 5.11 Å². The molecule has 3 aromatic carbocycles. The average molecular weight is 516 g/mol. The van der Waals surface area contributed by atoms with E-state index in [4.69, 9.17) is 11.6 Å². The van der Waals surface area contributed by atoms with Crippen LogP contribution in [0.25, 0.3) is 0 Å². The van der Waals surface area contributed by atoms with Gasteiger partial charge in [0, 0.05) is 5.02 Å². The highest BCUT2D eigenvalue weighted by atomic mass is 35.5. The van der Waals surface area contributed by atoms with Gasteiger partial charge < -0.3 is 0 Å². The molecule has 1 N–H and O–H groups in total. The van der Waals surface area contributed by atoms with Crippen molar-refractivity contribution >= 4 is 40.7 Å². The van der Waals surface area contributed by atoms with Crippen molar-refractivity contribution in [2.24, 2.45) is 10.3 Å². The van der Waals surface area contributed by atoms with Crippen LogP contribution in [-0.4, -0.2) is 52.9 Å². The third kappa shape index (κ3) is 4.09. The topological polar surface area (TPSA) is 101 Å². The second-order valence-corrected chi connectivity index (χ2v) is 9.35. The molecule has 10 nitrogen and oxygen atoms in total. The second kappa shape index (κ2) is 9.30. The molecule has 3 aromatic rings. The molecule has 2 fully saturated rings. The lowest BCUT2D eigenvalue weighted by atomic mass is 10.1. The zero-order valence-corrected chi connectivity index (χ0v) is 20.3. The number of para-hydroxylation sites is 1. The molecule has 0 aliphatic carbocycles. The number of anilines is 2. The zero-order chi connectivity index (χ0) is 25.5. The van der Waals surface area contributed by atoms with E-state index in [1.807, 2.05) is 65.7 Å². The summed E-state index contributed by atoms with van der Waals surface area (Å²) in [7, 11) is 0. The van der Waals surface area contributed by atoms with E-state index in [0.29, 0.717) is 17.3 Å². The Morgan fingerprint density at radius 2 is 1.57 bits per heavy atom. The number of benzene rings is 3. The van der Waals surface area contributed by atoms with Crippen molar-refractivity contribution in [2.45, 2.75) is 18.1 Å². The summed E-state index contributed by atoms with van der Waals surface area (Å²) in [5, 5.41) is 13.3. The van der Waals surface area contributed by atoms with Gasteiger partial charge in [0.2, 0.25) is 0 Å². The SMILES string of the molecule is O=C1[C@@H]2[C@@H](N=NN2CC(=O)N2NN(c3ccccc3)C[C@H]2c2ccccc2)C(=O)N1c1ccc(Cl)cc1. The molecular formula is C26H22ClN7O3. The number of hydrogen-bond donors (Lipinski definition) is 1. The highest BCUT2D eigenvalue weighted by Gasteiger charge is 2.55. The molecule has 3 aliphatic heterocycles. The van der Waals surface area contributed by atoms with E-state index in [1.54, 1.807) is 29.3 Å². The van der Waals surface area contributed by atoms with Gasteiger partial charge in [-0.15, -0.1) is 5.53 Å². The molecule has 2 saturated heterocycles. The summed E-state index contributed by atoms with van der Waals surface area (Å²) in [5.74, 6) is -1.26. The summed E-state index contributed by atoms with van der Waals surface area (Å²) >= 11 is 5.95. The summed E-state index contributed by atoms with van der Waals surface area (Å²) < 4.78 is 0.